The molecule has 0 aliphatic heterocycles. The van der Waals surface area contributed by atoms with Crippen molar-refractivity contribution in [2.75, 3.05) is 26.8 Å². The van der Waals surface area contributed by atoms with Crippen LogP contribution in [0, 0.1) is 0 Å². The number of unbranched alkanes of at least 4 members (excludes halogenated alkanes) is 1. The van der Waals surface area contributed by atoms with Gasteiger partial charge in [-0.05, 0) is 24.9 Å². The highest BCUT2D eigenvalue weighted by Gasteiger charge is 1.86. The molecule has 1 aromatic carbocycles. The molecule has 1 rings (SSSR count). The summed E-state index contributed by atoms with van der Waals surface area (Å²) >= 11 is 0. The molecule has 2 heteroatoms. The minimum absolute atomic E-state index is 0.863. The molecule has 0 radical (unpaired) electrons. The average molecular weight is 219 g/mol. The van der Waals surface area contributed by atoms with E-state index < -0.39 is 0 Å². The van der Waals surface area contributed by atoms with Crippen LogP contribution in [-0.4, -0.2) is 26.8 Å². The fourth-order valence-corrected chi connectivity index (χ4v) is 1.44. The molecule has 88 valence electrons. The van der Waals surface area contributed by atoms with Crippen molar-refractivity contribution in [1.82, 2.24) is 5.32 Å². The van der Waals surface area contributed by atoms with Gasteiger partial charge in [-0.15, -0.1) is 0 Å². The third-order valence-corrected chi connectivity index (χ3v) is 2.32. The highest BCUT2D eigenvalue weighted by Crippen LogP contribution is 1.99. The van der Waals surface area contributed by atoms with E-state index in [0.29, 0.717) is 0 Å². The van der Waals surface area contributed by atoms with E-state index in [9.17, 15) is 0 Å². The van der Waals surface area contributed by atoms with Crippen molar-refractivity contribution < 1.29 is 4.74 Å². The first kappa shape index (κ1) is 12.9. The molecular weight excluding hydrogens is 198 g/mol. The molecule has 0 heterocycles. The monoisotopic (exact) mass is 219 g/mol. The van der Waals surface area contributed by atoms with Crippen LogP contribution in [0.15, 0.2) is 36.4 Å². The molecule has 16 heavy (non-hydrogen) atoms. The Morgan fingerprint density at radius 1 is 1.19 bits per heavy atom. The van der Waals surface area contributed by atoms with E-state index in [1.165, 1.54) is 12.0 Å². The number of methoxy groups -OCH3 is 1. The summed E-state index contributed by atoms with van der Waals surface area (Å²) in [6.45, 7) is 2.85. The summed E-state index contributed by atoms with van der Waals surface area (Å²) in [6.07, 6.45) is 6.60. The molecule has 0 spiro atoms. The summed E-state index contributed by atoms with van der Waals surface area (Å²) in [5.41, 5.74) is 1.25. The molecule has 1 N–H and O–H groups in total. The van der Waals surface area contributed by atoms with E-state index in [0.717, 1.165) is 26.1 Å². The maximum absolute atomic E-state index is 4.99. The Balaban J connectivity index is 2.01. The van der Waals surface area contributed by atoms with Crippen molar-refractivity contribution in [2.45, 2.75) is 12.8 Å². The van der Waals surface area contributed by atoms with Crippen LogP contribution in [0.1, 0.15) is 18.4 Å². The lowest BCUT2D eigenvalue weighted by atomic mass is 10.2. The van der Waals surface area contributed by atoms with E-state index in [2.05, 4.69) is 41.7 Å². The molecule has 0 aliphatic carbocycles. The normalized spacial score (nSPS) is 11.1. The van der Waals surface area contributed by atoms with Crippen molar-refractivity contribution in [3.63, 3.8) is 0 Å². The summed E-state index contributed by atoms with van der Waals surface area (Å²) in [7, 11) is 1.75. The van der Waals surface area contributed by atoms with E-state index in [1.807, 2.05) is 6.07 Å². The van der Waals surface area contributed by atoms with Gasteiger partial charge in [-0.3, -0.25) is 0 Å². The van der Waals surface area contributed by atoms with Gasteiger partial charge in [0.1, 0.15) is 0 Å². The number of nitrogens with one attached hydrogen (secondary N) is 1. The number of hydrogen-bond acceptors (Lipinski definition) is 2. The van der Waals surface area contributed by atoms with Crippen LogP contribution in [0.5, 0.6) is 0 Å². The molecule has 0 amide bonds. The van der Waals surface area contributed by atoms with Crippen molar-refractivity contribution >= 4 is 6.08 Å². The third-order valence-electron chi connectivity index (χ3n) is 2.32. The van der Waals surface area contributed by atoms with Gasteiger partial charge in [-0.2, -0.15) is 0 Å². The summed E-state index contributed by atoms with van der Waals surface area (Å²) in [5.74, 6) is 0. The molecular formula is C14H21NO. The molecule has 0 unspecified atom stereocenters. The van der Waals surface area contributed by atoms with Gasteiger partial charge in [0.25, 0.3) is 0 Å². The quantitative estimate of drug-likeness (QED) is 0.679. The first-order chi connectivity index (χ1) is 7.93. The first-order valence-corrected chi connectivity index (χ1v) is 5.84. The molecule has 0 bridgehead atoms. The zero-order chi connectivity index (χ0) is 11.5. The standard InChI is InChI=1S/C14H21NO/c1-16-13-6-5-11-15-12-7-10-14-8-3-2-4-9-14/h2-4,7-10,15H,5-6,11-13H2,1H3. The Bertz CT molecular complexity index is 282. The molecule has 1 aromatic rings. The van der Waals surface area contributed by atoms with E-state index >= 15 is 0 Å². The minimum atomic E-state index is 0.863. The predicted octanol–water partition coefficient (Wildman–Crippen LogP) is 2.72. The van der Waals surface area contributed by atoms with Crippen LogP contribution < -0.4 is 5.32 Å². The summed E-state index contributed by atoms with van der Waals surface area (Å²) in [6, 6.07) is 10.4. The van der Waals surface area contributed by atoms with Crippen LogP contribution in [0.3, 0.4) is 0 Å². The maximum atomic E-state index is 4.99. The van der Waals surface area contributed by atoms with Crippen molar-refractivity contribution in [3.05, 3.63) is 42.0 Å². The molecule has 0 saturated carbocycles. The summed E-state index contributed by atoms with van der Waals surface area (Å²) in [4.78, 5) is 0. The van der Waals surface area contributed by atoms with Crippen LogP contribution in [0.25, 0.3) is 6.08 Å². The van der Waals surface area contributed by atoms with Crippen LogP contribution >= 0.6 is 0 Å². The van der Waals surface area contributed by atoms with Crippen LogP contribution in [0.4, 0.5) is 0 Å². The molecule has 0 saturated heterocycles. The lowest BCUT2D eigenvalue weighted by molar-refractivity contribution is 0.193. The van der Waals surface area contributed by atoms with Gasteiger partial charge in [0.2, 0.25) is 0 Å². The SMILES string of the molecule is COCCCCNCC=Cc1ccccc1. The Morgan fingerprint density at radius 2 is 2.00 bits per heavy atom. The molecule has 0 atom stereocenters. The molecule has 0 aromatic heterocycles. The summed E-state index contributed by atoms with van der Waals surface area (Å²) < 4.78 is 4.99. The second kappa shape index (κ2) is 9.13. The maximum Gasteiger partial charge on any atom is 0.0462 e. The van der Waals surface area contributed by atoms with Gasteiger partial charge >= 0.3 is 0 Å². The van der Waals surface area contributed by atoms with Crippen molar-refractivity contribution in [1.29, 1.82) is 0 Å². The molecule has 2 nitrogen and oxygen atoms in total. The van der Waals surface area contributed by atoms with E-state index in [4.69, 9.17) is 4.74 Å². The van der Waals surface area contributed by atoms with Gasteiger partial charge in [0.05, 0.1) is 0 Å². The lowest BCUT2D eigenvalue weighted by Gasteiger charge is -2.00. The lowest BCUT2D eigenvalue weighted by Crippen LogP contribution is -2.15. The van der Waals surface area contributed by atoms with Crippen molar-refractivity contribution in [2.24, 2.45) is 0 Å². The third kappa shape index (κ3) is 6.38. The largest absolute Gasteiger partial charge is 0.385 e. The second-order valence-corrected chi connectivity index (χ2v) is 3.72. The van der Waals surface area contributed by atoms with Gasteiger partial charge in [0, 0.05) is 20.3 Å². The average Bonchev–Trinajstić information content (AvgIpc) is 2.34. The van der Waals surface area contributed by atoms with E-state index in [-0.39, 0.29) is 0 Å². The number of rotatable bonds is 8. The van der Waals surface area contributed by atoms with Gasteiger partial charge in [-0.25, -0.2) is 0 Å². The zero-order valence-electron chi connectivity index (χ0n) is 9.99. The Hall–Kier alpha value is -1.12. The van der Waals surface area contributed by atoms with Crippen LogP contribution in [-0.2, 0) is 4.74 Å². The van der Waals surface area contributed by atoms with Gasteiger partial charge in [0.15, 0.2) is 0 Å². The number of hydrogen-bond donors (Lipinski definition) is 1. The summed E-state index contributed by atoms with van der Waals surface area (Å²) in [5, 5.41) is 3.37. The number of ether oxygens (including phenoxy) is 1. The Kier molecular flexibility index (Phi) is 7.39. The zero-order valence-corrected chi connectivity index (χ0v) is 9.99. The second-order valence-electron chi connectivity index (χ2n) is 3.72. The van der Waals surface area contributed by atoms with Crippen molar-refractivity contribution in [3.8, 4) is 0 Å². The smallest absolute Gasteiger partial charge is 0.0462 e. The molecule has 0 fully saturated rings. The highest BCUT2D eigenvalue weighted by molar-refractivity contribution is 5.48. The fraction of sp³-hybridized carbons (Fsp3) is 0.429. The minimum Gasteiger partial charge on any atom is -0.385 e. The number of benzene rings is 1. The predicted molar refractivity (Wildman–Crippen MR) is 69.5 cm³/mol. The van der Waals surface area contributed by atoms with E-state index in [1.54, 1.807) is 7.11 Å². The first-order valence-electron chi connectivity index (χ1n) is 5.84. The highest BCUT2D eigenvalue weighted by atomic mass is 16.5. The van der Waals surface area contributed by atoms with Crippen LogP contribution in [0.2, 0.25) is 0 Å². The van der Waals surface area contributed by atoms with Gasteiger partial charge in [-0.1, -0.05) is 42.5 Å². The van der Waals surface area contributed by atoms with Gasteiger partial charge < -0.3 is 10.1 Å². The molecule has 0 aliphatic rings. The topological polar surface area (TPSA) is 21.3 Å². The Labute approximate surface area is 98.3 Å². The fourth-order valence-electron chi connectivity index (χ4n) is 1.44. The Morgan fingerprint density at radius 3 is 2.75 bits per heavy atom.